The molecule has 2 nitrogen and oxygen atoms in total. The van der Waals surface area contributed by atoms with E-state index in [0.29, 0.717) is 21.2 Å². The van der Waals surface area contributed by atoms with Crippen LogP contribution in [-0.2, 0) is 0 Å². The molecule has 18 heavy (non-hydrogen) atoms. The number of carbonyl (C=O) groups is 1. The van der Waals surface area contributed by atoms with Crippen LogP contribution in [0.25, 0.3) is 0 Å². The molecule has 0 aliphatic rings. The quantitative estimate of drug-likeness (QED) is 0.866. The summed E-state index contributed by atoms with van der Waals surface area (Å²) in [4.78, 5) is 12.1. The Balaban J connectivity index is 2.29. The van der Waals surface area contributed by atoms with Crippen molar-refractivity contribution < 1.29 is 9.90 Å². The van der Waals surface area contributed by atoms with Crippen molar-refractivity contribution in [2.45, 2.75) is 6.10 Å². The Morgan fingerprint density at radius 3 is 2.22 bits per heavy atom. The molecule has 0 fully saturated rings. The molecular weight excluding hydrogens is 271 g/mol. The van der Waals surface area contributed by atoms with Gasteiger partial charge in [0.2, 0.25) is 0 Å². The van der Waals surface area contributed by atoms with Gasteiger partial charge in [0.05, 0.1) is 0 Å². The Labute approximate surface area is 115 Å². The summed E-state index contributed by atoms with van der Waals surface area (Å²) in [6, 6.07) is 13.1. The first-order chi connectivity index (χ1) is 8.59. The van der Waals surface area contributed by atoms with E-state index in [9.17, 15) is 9.90 Å². The van der Waals surface area contributed by atoms with E-state index in [4.69, 9.17) is 23.2 Å². The third-order valence-electron chi connectivity index (χ3n) is 2.58. The van der Waals surface area contributed by atoms with Gasteiger partial charge in [-0.25, -0.2) is 0 Å². The summed E-state index contributed by atoms with van der Waals surface area (Å²) in [6.45, 7) is 0. The predicted octanol–water partition coefficient (Wildman–Crippen LogP) is 3.91. The van der Waals surface area contributed by atoms with Crippen molar-refractivity contribution in [1.82, 2.24) is 0 Å². The van der Waals surface area contributed by atoms with Crippen molar-refractivity contribution in [3.63, 3.8) is 0 Å². The monoisotopic (exact) mass is 280 g/mol. The molecule has 0 aromatic heterocycles. The number of rotatable bonds is 3. The van der Waals surface area contributed by atoms with Crippen molar-refractivity contribution in [2.24, 2.45) is 0 Å². The van der Waals surface area contributed by atoms with Crippen LogP contribution in [-0.4, -0.2) is 10.9 Å². The first-order valence-corrected chi connectivity index (χ1v) is 6.07. The standard InChI is InChI=1S/C14H10Cl2O2/c15-10-7-5-9(6-8-10)13(17)14(18)11-3-1-2-4-12(11)16/h1-8,14,18H. The third kappa shape index (κ3) is 2.72. The van der Waals surface area contributed by atoms with E-state index < -0.39 is 11.9 Å². The molecule has 0 aliphatic carbocycles. The summed E-state index contributed by atoms with van der Waals surface area (Å²) in [7, 11) is 0. The normalized spacial score (nSPS) is 12.2. The minimum absolute atomic E-state index is 0.368. The lowest BCUT2D eigenvalue weighted by Crippen LogP contribution is -2.12. The molecule has 0 radical (unpaired) electrons. The van der Waals surface area contributed by atoms with Gasteiger partial charge in [-0.1, -0.05) is 41.4 Å². The SMILES string of the molecule is O=C(c1ccc(Cl)cc1)C(O)c1ccccc1Cl. The summed E-state index contributed by atoms with van der Waals surface area (Å²) in [6.07, 6.45) is -1.26. The van der Waals surface area contributed by atoms with Crippen molar-refractivity contribution in [3.8, 4) is 0 Å². The van der Waals surface area contributed by atoms with Crippen molar-refractivity contribution in [2.75, 3.05) is 0 Å². The number of aliphatic hydroxyl groups is 1. The molecule has 4 heteroatoms. The fraction of sp³-hybridized carbons (Fsp3) is 0.0714. The Hall–Kier alpha value is -1.35. The van der Waals surface area contributed by atoms with Crippen LogP contribution in [0.4, 0.5) is 0 Å². The van der Waals surface area contributed by atoms with Gasteiger partial charge in [0.1, 0.15) is 6.10 Å². The summed E-state index contributed by atoms with van der Waals surface area (Å²) < 4.78 is 0. The maximum Gasteiger partial charge on any atom is 0.195 e. The van der Waals surface area contributed by atoms with E-state index in [2.05, 4.69) is 0 Å². The summed E-state index contributed by atoms with van der Waals surface area (Å²) >= 11 is 11.7. The highest BCUT2D eigenvalue weighted by Gasteiger charge is 2.20. The van der Waals surface area contributed by atoms with Gasteiger partial charge in [-0.3, -0.25) is 4.79 Å². The number of Topliss-reactive ketones (excluding diaryl/α,β-unsaturated/α-hetero) is 1. The molecule has 0 saturated carbocycles. The first-order valence-electron chi connectivity index (χ1n) is 5.32. The summed E-state index contributed by atoms with van der Waals surface area (Å²) in [5, 5.41) is 10.9. The summed E-state index contributed by atoms with van der Waals surface area (Å²) in [5.41, 5.74) is 0.797. The van der Waals surface area contributed by atoms with E-state index in [1.165, 1.54) is 0 Å². The van der Waals surface area contributed by atoms with Crippen LogP contribution in [0, 0.1) is 0 Å². The van der Waals surface area contributed by atoms with Gasteiger partial charge in [-0.05, 0) is 30.3 Å². The lowest BCUT2D eigenvalue weighted by atomic mass is 10.00. The number of benzene rings is 2. The largest absolute Gasteiger partial charge is 0.380 e. The molecule has 0 heterocycles. The molecule has 1 atom stereocenters. The van der Waals surface area contributed by atoms with E-state index in [1.807, 2.05) is 0 Å². The number of ketones is 1. The highest BCUT2D eigenvalue weighted by molar-refractivity contribution is 6.32. The molecule has 0 aliphatic heterocycles. The number of halogens is 2. The van der Waals surface area contributed by atoms with Gasteiger partial charge in [0.25, 0.3) is 0 Å². The Morgan fingerprint density at radius 2 is 1.61 bits per heavy atom. The molecule has 0 bridgehead atoms. The zero-order chi connectivity index (χ0) is 13.1. The van der Waals surface area contributed by atoms with Crippen LogP contribution >= 0.6 is 23.2 Å². The Kier molecular flexibility index (Phi) is 4.02. The smallest absolute Gasteiger partial charge is 0.195 e. The Morgan fingerprint density at radius 1 is 1.00 bits per heavy atom. The molecule has 1 N–H and O–H groups in total. The lowest BCUT2D eigenvalue weighted by Gasteiger charge is -2.11. The van der Waals surface area contributed by atoms with Crippen LogP contribution in [0.3, 0.4) is 0 Å². The van der Waals surface area contributed by atoms with E-state index >= 15 is 0 Å². The van der Waals surface area contributed by atoms with Gasteiger partial charge in [0.15, 0.2) is 5.78 Å². The average Bonchev–Trinajstić information content (AvgIpc) is 2.38. The maximum absolute atomic E-state index is 12.1. The van der Waals surface area contributed by atoms with E-state index in [0.717, 1.165) is 0 Å². The van der Waals surface area contributed by atoms with Gasteiger partial charge >= 0.3 is 0 Å². The molecule has 0 spiro atoms. The summed E-state index contributed by atoms with van der Waals surface area (Å²) in [5.74, 6) is -0.403. The van der Waals surface area contributed by atoms with Gasteiger partial charge in [-0.2, -0.15) is 0 Å². The zero-order valence-corrected chi connectivity index (χ0v) is 10.8. The van der Waals surface area contributed by atoms with Crippen LogP contribution in [0.2, 0.25) is 10.0 Å². The molecule has 1 unspecified atom stereocenters. The molecule has 2 aromatic rings. The highest BCUT2D eigenvalue weighted by Crippen LogP contribution is 2.25. The van der Waals surface area contributed by atoms with Crippen molar-refractivity contribution >= 4 is 29.0 Å². The zero-order valence-electron chi connectivity index (χ0n) is 9.31. The molecular formula is C14H10Cl2O2. The van der Waals surface area contributed by atoms with Gasteiger partial charge < -0.3 is 5.11 Å². The lowest BCUT2D eigenvalue weighted by molar-refractivity contribution is 0.0747. The fourth-order valence-electron chi connectivity index (χ4n) is 1.61. The topological polar surface area (TPSA) is 37.3 Å². The second kappa shape index (κ2) is 5.53. The van der Waals surface area contributed by atoms with Gasteiger partial charge in [0, 0.05) is 21.2 Å². The van der Waals surface area contributed by atoms with Crippen LogP contribution < -0.4 is 0 Å². The van der Waals surface area contributed by atoms with Crippen LogP contribution in [0.15, 0.2) is 48.5 Å². The number of hydrogen-bond acceptors (Lipinski definition) is 2. The fourth-order valence-corrected chi connectivity index (χ4v) is 1.98. The second-order valence-corrected chi connectivity index (χ2v) is 4.64. The van der Waals surface area contributed by atoms with Gasteiger partial charge in [-0.15, -0.1) is 0 Å². The van der Waals surface area contributed by atoms with E-state index in [1.54, 1.807) is 48.5 Å². The number of hydrogen-bond donors (Lipinski definition) is 1. The molecule has 0 saturated heterocycles. The molecule has 0 amide bonds. The third-order valence-corrected chi connectivity index (χ3v) is 3.17. The Bertz CT molecular complexity index is 564. The maximum atomic E-state index is 12.1. The second-order valence-electron chi connectivity index (χ2n) is 3.80. The van der Waals surface area contributed by atoms with Crippen LogP contribution in [0.5, 0.6) is 0 Å². The first kappa shape index (κ1) is 13.1. The minimum atomic E-state index is -1.26. The number of aliphatic hydroxyl groups excluding tert-OH is 1. The minimum Gasteiger partial charge on any atom is -0.380 e. The molecule has 2 rings (SSSR count). The molecule has 92 valence electrons. The molecule has 2 aromatic carbocycles. The van der Waals surface area contributed by atoms with Crippen molar-refractivity contribution in [3.05, 3.63) is 69.7 Å². The average molecular weight is 281 g/mol. The van der Waals surface area contributed by atoms with Crippen LogP contribution in [0.1, 0.15) is 22.0 Å². The predicted molar refractivity (Wildman–Crippen MR) is 72.2 cm³/mol. The number of carbonyl (C=O) groups excluding carboxylic acids is 1. The van der Waals surface area contributed by atoms with E-state index in [-0.39, 0.29) is 0 Å². The van der Waals surface area contributed by atoms with Crippen molar-refractivity contribution in [1.29, 1.82) is 0 Å². The highest BCUT2D eigenvalue weighted by atomic mass is 35.5.